The van der Waals surface area contributed by atoms with E-state index in [9.17, 15) is 4.79 Å². The third kappa shape index (κ3) is 3.33. The first-order valence-electron chi connectivity index (χ1n) is 6.12. The van der Waals surface area contributed by atoms with E-state index in [2.05, 4.69) is 4.90 Å². The van der Waals surface area contributed by atoms with Crippen molar-refractivity contribution in [3.05, 3.63) is 24.2 Å². The third-order valence-electron chi connectivity index (χ3n) is 3.24. The number of hydrogen-bond acceptors (Lipinski definition) is 4. The molecule has 4 nitrogen and oxygen atoms in total. The molecule has 1 aromatic heterocycles. The summed E-state index contributed by atoms with van der Waals surface area (Å²) in [4.78, 5) is 14.1. The molecule has 2 rings (SSSR count). The van der Waals surface area contributed by atoms with Crippen LogP contribution in [0.3, 0.4) is 0 Å². The van der Waals surface area contributed by atoms with Gasteiger partial charge in [0.25, 0.3) is 0 Å². The highest BCUT2D eigenvalue weighted by Gasteiger charge is 2.25. The number of methoxy groups -OCH3 is 1. The zero-order valence-corrected chi connectivity index (χ0v) is 10.2. The zero-order chi connectivity index (χ0) is 12.1. The molecule has 0 bridgehead atoms. The molecule has 4 heteroatoms. The largest absolute Gasteiger partial charge is 0.469 e. The van der Waals surface area contributed by atoms with Gasteiger partial charge in [0.1, 0.15) is 5.76 Å². The molecule has 1 saturated heterocycles. The first-order valence-corrected chi connectivity index (χ1v) is 6.12. The van der Waals surface area contributed by atoms with E-state index in [1.807, 2.05) is 12.1 Å². The molecule has 0 saturated carbocycles. The number of carbonyl (C=O) groups excluding carboxylic acids is 1. The Morgan fingerprint density at radius 1 is 1.53 bits per heavy atom. The lowest BCUT2D eigenvalue weighted by Gasteiger charge is -2.20. The van der Waals surface area contributed by atoms with E-state index in [1.165, 1.54) is 20.0 Å². The van der Waals surface area contributed by atoms with Gasteiger partial charge >= 0.3 is 5.97 Å². The second kappa shape index (κ2) is 5.87. The lowest BCUT2D eigenvalue weighted by Crippen LogP contribution is -2.33. The summed E-state index contributed by atoms with van der Waals surface area (Å²) < 4.78 is 10.2. The number of likely N-dealkylation sites (tertiary alicyclic amines) is 1. The molecular formula is C13H19NO3. The van der Waals surface area contributed by atoms with Gasteiger partial charge in [-0.15, -0.1) is 0 Å². The van der Waals surface area contributed by atoms with E-state index in [1.54, 1.807) is 6.26 Å². The topological polar surface area (TPSA) is 42.7 Å². The van der Waals surface area contributed by atoms with Crippen molar-refractivity contribution in [3.8, 4) is 0 Å². The molecule has 1 aliphatic rings. The Kier molecular flexibility index (Phi) is 4.20. The monoisotopic (exact) mass is 237 g/mol. The van der Waals surface area contributed by atoms with E-state index in [-0.39, 0.29) is 11.9 Å². The Morgan fingerprint density at radius 3 is 2.88 bits per heavy atom. The quantitative estimate of drug-likeness (QED) is 0.731. The van der Waals surface area contributed by atoms with Crippen molar-refractivity contribution < 1.29 is 13.9 Å². The molecule has 0 radical (unpaired) electrons. The first-order chi connectivity index (χ1) is 8.29. The summed E-state index contributed by atoms with van der Waals surface area (Å²) in [6.45, 7) is 2.95. The number of nitrogens with zero attached hydrogens (tertiary/aromatic N) is 1. The highest BCUT2D eigenvalue weighted by molar-refractivity contribution is 5.72. The zero-order valence-electron chi connectivity index (χ0n) is 10.2. The van der Waals surface area contributed by atoms with Crippen molar-refractivity contribution in [2.24, 2.45) is 5.92 Å². The van der Waals surface area contributed by atoms with Crippen LogP contribution in [0.2, 0.25) is 0 Å². The van der Waals surface area contributed by atoms with E-state index < -0.39 is 0 Å². The minimum atomic E-state index is -0.145. The van der Waals surface area contributed by atoms with Gasteiger partial charge in [-0.2, -0.15) is 0 Å². The number of ether oxygens (including phenoxy) is 1. The van der Waals surface area contributed by atoms with E-state index in [0.29, 0.717) is 6.42 Å². The van der Waals surface area contributed by atoms with Gasteiger partial charge in [-0.25, -0.2) is 0 Å². The molecule has 1 aliphatic heterocycles. The van der Waals surface area contributed by atoms with Gasteiger partial charge in [0.05, 0.1) is 19.3 Å². The molecule has 1 atom stereocenters. The van der Waals surface area contributed by atoms with Crippen LogP contribution in [0.1, 0.15) is 18.6 Å². The maximum Gasteiger partial charge on any atom is 0.310 e. The minimum Gasteiger partial charge on any atom is -0.469 e. The predicted molar refractivity (Wildman–Crippen MR) is 63.6 cm³/mol. The van der Waals surface area contributed by atoms with Crippen molar-refractivity contribution in [3.63, 3.8) is 0 Å². The van der Waals surface area contributed by atoms with Crippen molar-refractivity contribution in [2.75, 3.05) is 26.7 Å². The minimum absolute atomic E-state index is 0.121. The highest BCUT2D eigenvalue weighted by atomic mass is 16.5. The summed E-state index contributed by atoms with van der Waals surface area (Å²) in [5.74, 6) is 0.581. The molecule has 0 amide bonds. The standard InChI is InChI=1S/C13H19NO3/c1-16-13(15)11(9-12-5-4-8-17-12)10-14-6-2-3-7-14/h4-5,8,11H,2-3,6-7,9-10H2,1H3. The van der Waals surface area contributed by atoms with Crippen molar-refractivity contribution >= 4 is 5.97 Å². The van der Waals surface area contributed by atoms with Gasteiger partial charge in [-0.1, -0.05) is 0 Å². The lowest BCUT2D eigenvalue weighted by atomic mass is 10.0. The Balaban J connectivity index is 1.94. The smallest absolute Gasteiger partial charge is 0.310 e. The second-order valence-corrected chi connectivity index (χ2v) is 4.51. The van der Waals surface area contributed by atoms with Gasteiger partial charge in [-0.3, -0.25) is 4.79 Å². The van der Waals surface area contributed by atoms with E-state index >= 15 is 0 Å². The molecule has 1 fully saturated rings. The van der Waals surface area contributed by atoms with Gasteiger partial charge < -0.3 is 14.1 Å². The molecule has 2 heterocycles. The van der Waals surface area contributed by atoms with Crippen LogP contribution in [-0.2, 0) is 16.0 Å². The molecule has 1 aromatic rings. The SMILES string of the molecule is COC(=O)C(Cc1ccco1)CN1CCCC1. The van der Waals surface area contributed by atoms with Crippen LogP contribution < -0.4 is 0 Å². The summed E-state index contributed by atoms with van der Waals surface area (Å²) in [5, 5.41) is 0. The van der Waals surface area contributed by atoms with Crippen molar-refractivity contribution in [1.82, 2.24) is 4.90 Å². The molecule has 94 valence electrons. The number of hydrogen-bond donors (Lipinski definition) is 0. The maximum absolute atomic E-state index is 11.7. The fourth-order valence-corrected chi connectivity index (χ4v) is 2.34. The van der Waals surface area contributed by atoms with Crippen molar-refractivity contribution in [2.45, 2.75) is 19.3 Å². The van der Waals surface area contributed by atoms with Crippen LogP contribution in [0.25, 0.3) is 0 Å². The van der Waals surface area contributed by atoms with Crippen LogP contribution in [-0.4, -0.2) is 37.6 Å². The number of carbonyl (C=O) groups is 1. The number of esters is 1. The van der Waals surface area contributed by atoms with Crippen LogP contribution >= 0.6 is 0 Å². The Morgan fingerprint density at radius 2 is 2.29 bits per heavy atom. The predicted octanol–water partition coefficient (Wildman–Crippen LogP) is 1.71. The summed E-state index contributed by atoms with van der Waals surface area (Å²) >= 11 is 0. The molecule has 0 N–H and O–H groups in total. The normalized spacial score (nSPS) is 18.2. The van der Waals surface area contributed by atoms with Crippen molar-refractivity contribution in [1.29, 1.82) is 0 Å². The van der Waals surface area contributed by atoms with Gasteiger partial charge in [0.15, 0.2) is 0 Å². The van der Waals surface area contributed by atoms with E-state index in [0.717, 1.165) is 25.4 Å². The molecule has 0 aromatic carbocycles. The average Bonchev–Trinajstić information content (AvgIpc) is 3.00. The Hall–Kier alpha value is -1.29. The number of rotatable bonds is 5. The Bertz CT molecular complexity index is 342. The number of furan rings is 1. The molecule has 0 spiro atoms. The van der Waals surface area contributed by atoms with Crippen LogP contribution in [0.5, 0.6) is 0 Å². The summed E-state index contributed by atoms with van der Waals surface area (Å²) in [6, 6.07) is 3.75. The van der Waals surface area contributed by atoms with Gasteiger partial charge in [0, 0.05) is 13.0 Å². The fourth-order valence-electron chi connectivity index (χ4n) is 2.34. The van der Waals surface area contributed by atoms with Crippen LogP contribution in [0.15, 0.2) is 22.8 Å². The summed E-state index contributed by atoms with van der Waals surface area (Å²) in [6.07, 6.45) is 4.72. The highest BCUT2D eigenvalue weighted by Crippen LogP contribution is 2.16. The molecule has 17 heavy (non-hydrogen) atoms. The molecular weight excluding hydrogens is 218 g/mol. The maximum atomic E-state index is 11.7. The summed E-state index contributed by atoms with van der Waals surface area (Å²) in [7, 11) is 1.45. The molecule has 0 aliphatic carbocycles. The molecule has 1 unspecified atom stereocenters. The van der Waals surface area contributed by atoms with Gasteiger partial charge in [-0.05, 0) is 38.1 Å². The third-order valence-corrected chi connectivity index (χ3v) is 3.24. The summed E-state index contributed by atoms with van der Waals surface area (Å²) in [5.41, 5.74) is 0. The average molecular weight is 237 g/mol. The second-order valence-electron chi connectivity index (χ2n) is 4.51. The first kappa shape index (κ1) is 12.2. The lowest BCUT2D eigenvalue weighted by molar-refractivity contribution is -0.146. The Labute approximate surface area is 102 Å². The van der Waals surface area contributed by atoms with Crippen LogP contribution in [0, 0.1) is 5.92 Å². The van der Waals surface area contributed by atoms with E-state index in [4.69, 9.17) is 9.15 Å². The van der Waals surface area contributed by atoms with Crippen LogP contribution in [0.4, 0.5) is 0 Å². The fraction of sp³-hybridized carbons (Fsp3) is 0.615. The van der Waals surface area contributed by atoms with Gasteiger partial charge in [0.2, 0.25) is 0 Å².